The molecule has 1 atom stereocenters. The highest BCUT2D eigenvalue weighted by molar-refractivity contribution is 7.14. The maximum Gasteiger partial charge on any atom is 0.262 e. The maximum atomic E-state index is 13.4. The zero-order valence-electron chi connectivity index (χ0n) is 29.3. The van der Waals surface area contributed by atoms with Gasteiger partial charge in [0.05, 0.1) is 11.5 Å². The average Bonchev–Trinajstić information content (AvgIpc) is 3.60. The standard InChI is InChI=1S/C40H51N5O3S/c1-5-6-7-8-9-20-48-33-16-14-29(15-17-33)31-25-42-37(43-26-31)30-12-10-27(11-13-30)23-34(38(46)44-24-28-21-32(41)22-28)45-39(47)35-18-19-36(49-35)40(2,3)4/h10-19,25-26,28,32,34H,5-9,20-24,41H2,1-4H3,(H,44,46)(H,45,47)/t28-,32-,34-/m0/s1. The number of nitrogens with two attached hydrogens (primary N) is 1. The molecule has 0 unspecified atom stereocenters. The van der Waals surface area contributed by atoms with Crippen molar-refractivity contribution < 1.29 is 14.3 Å². The first-order chi connectivity index (χ1) is 23.6. The zero-order chi connectivity index (χ0) is 34.8. The molecular formula is C40H51N5O3S. The molecule has 5 rings (SSSR count). The summed E-state index contributed by atoms with van der Waals surface area (Å²) in [4.78, 5) is 37.6. The molecule has 1 aliphatic rings. The summed E-state index contributed by atoms with van der Waals surface area (Å²) in [6.07, 6.45) is 11.9. The first-order valence-electron chi connectivity index (χ1n) is 17.7. The quantitative estimate of drug-likeness (QED) is 0.104. The summed E-state index contributed by atoms with van der Waals surface area (Å²) < 4.78 is 5.91. The molecule has 260 valence electrons. The average molecular weight is 682 g/mol. The third-order valence-electron chi connectivity index (χ3n) is 9.04. The number of hydrogen-bond donors (Lipinski definition) is 3. The highest BCUT2D eigenvalue weighted by Crippen LogP contribution is 2.30. The van der Waals surface area contributed by atoms with Crippen molar-refractivity contribution >= 4 is 23.2 Å². The van der Waals surface area contributed by atoms with E-state index >= 15 is 0 Å². The Bertz CT molecular complexity index is 1640. The minimum Gasteiger partial charge on any atom is -0.494 e. The molecule has 9 heteroatoms. The number of hydrogen-bond acceptors (Lipinski definition) is 7. The number of benzene rings is 2. The summed E-state index contributed by atoms with van der Waals surface area (Å²) in [5.74, 6) is 1.45. The molecule has 0 aliphatic heterocycles. The maximum absolute atomic E-state index is 13.4. The number of nitrogens with one attached hydrogen (secondary N) is 2. The van der Waals surface area contributed by atoms with E-state index in [2.05, 4.69) is 48.3 Å². The fourth-order valence-corrected chi connectivity index (χ4v) is 6.88. The molecular weight excluding hydrogens is 631 g/mol. The van der Waals surface area contributed by atoms with Gasteiger partial charge in [0.25, 0.3) is 5.91 Å². The van der Waals surface area contributed by atoms with Crippen LogP contribution in [-0.4, -0.2) is 47.0 Å². The molecule has 1 fully saturated rings. The van der Waals surface area contributed by atoms with E-state index in [-0.39, 0.29) is 23.3 Å². The van der Waals surface area contributed by atoms with E-state index in [9.17, 15) is 9.59 Å². The number of thiophene rings is 1. The van der Waals surface area contributed by atoms with Gasteiger partial charge in [-0.05, 0) is 66.0 Å². The molecule has 2 aromatic carbocycles. The second-order valence-electron chi connectivity index (χ2n) is 14.3. The van der Waals surface area contributed by atoms with Crippen LogP contribution in [0.5, 0.6) is 5.75 Å². The molecule has 0 bridgehead atoms. The highest BCUT2D eigenvalue weighted by Gasteiger charge is 2.29. The van der Waals surface area contributed by atoms with Crippen molar-refractivity contribution in [1.29, 1.82) is 0 Å². The van der Waals surface area contributed by atoms with Crippen LogP contribution in [0.3, 0.4) is 0 Å². The fourth-order valence-electron chi connectivity index (χ4n) is 5.91. The lowest BCUT2D eigenvalue weighted by Crippen LogP contribution is -2.50. The summed E-state index contributed by atoms with van der Waals surface area (Å²) in [5, 5.41) is 6.06. The van der Waals surface area contributed by atoms with Crippen LogP contribution in [0.1, 0.15) is 92.8 Å². The van der Waals surface area contributed by atoms with Gasteiger partial charge in [-0.2, -0.15) is 0 Å². The molecule has 0 radical (unpaired) electrons. The van der Waals surface area contributed by atoms with Crippen molar-refractivity contribution in [3.8, 4) is 28.3 Å². The molecule has 4 aromatic rings. The van der Waals surface area contributed by atoms with Crippen molar-refractivity contribution in [1.82, 2.24) is 20.6 Å². The van der Waals surface area contributed by atoms with Gasteiger partial charge in [0.15, 0.2) is 5.82 Å². The van der Waals surface area contributed by atoms with Gasteiger partial charge in [-0.3, -0.25) is 9.59 Å². The van der Waals surface area contributed by atoms with Gasteiger partial charge in [-0.25, -0.2) is 9.97 Å². The summed E-state index contributed by atoms with van der Waals surface area (Å²) in [7, 11) is 0. The fraction of sp³-hybridized carbons (Fsp3) is 0.450. The Morgan fingerprint density at radius 1 is 0.898 bits per heavy atom. The second-order valence-corrected chi connectivity index (χ2v) is 15.3. The number of ether oxygens (including phenoxy) is 1. The van der Waals surface area contributed by atoms with Gasteiger partial charge in [-0.1, -0.05) is 89.8 Å². The topological polar surface area (TPSA) is 119 Å². The van der Waals surface area contributed by atoms with Gasteiger partial charge in [-0.15, -0.1) is 11.3 Å². The lowest BCUT2D eigenvalue weighted by Gasteiger charge is -2.32. The number of nitrogens with zero attached hydrogens (tertiary/aromatic N) is 2. The van der Waals surface area contributed by atoms with Crippen LogP contribution in [0.15, 0.2) is 73.1 Å². The summed E-state index contributed by atoms with van der Waals surface area (Å²) in [5.41, 5.74) is 9.65. The monoisotopic (exact) mass is 681 g/mol. The predicted molar refractivity (Wildman–Crippen MR) is 199 cm³/mol. The Labute approximate surface area is 295 Å². The number of unbranched alkanes of at least 4 members (excludes halogenated alkanes) is 4. The first kappa shape index (κ1) is 36.2. The lowest BCUT2D eigenvalue weighted by molar-refractivity contribution is -0.123. The lowest BCUT2D eigenvalue weighted by atomic mass is 9.81. The molecule has 1 aliphatic carbocycles. The normalized spacial score (nSPS) is 16.4. The van der Waals surface area contributed by atoms with Crippen LogP contribution in [0, 0.1) is 5.92 Å². The smallest absolute Gasteiger partial charge is 0.262 e. The highest BCUT2D eigenvalue weighted by atomic mass is 32.1. The first-order valence-corrected chi connectivity index (χ1v) is 18.5. The molecule has 2 aromatic heterocycles. The molecule has 49 heavy (non-hydrogen) atoms. The number of aromatic nitrogens is 2. The van der Waals surface area contributed by atoms with E-state index in [1.165, 1.54) is 37.0 Å². The Morgan fingerprint density at radius 2 is 1.57 bits per heavy atom. The number of amides is 2. The Balaban J connectivity index is 1.19. The summed E-state index contributed by atoms with van der Waals surface area (Å²) in [6.45, 7) is 9.90. The molecule has 8 nitrogen and oxygen atoms in total. The Hall–Kier alpha value is -4.08. The Morgan fingerprint density at radius 3 is 2.20 bits per heavy atom. The van der Waals surface area contributed by atoms with Gasteiger partial charge in [0.1, 0.15) is 11.8 Å². The Kier molecular flexibility index (Phi) is 12.6. The van der Waals surface area contributed by atoms with Crippen molar-refractivity contribution in [2.75, 3.05) is 13.2 Å². The molecule has 0 saturated heterocycles. The number of carbonyl (C=O) groups excluding carboxylic acids is 2. The van der Waals surface area contributed by atoms with E-state index in [1.54, 1.807) is 0 Å². The SMILES string of the molecule is CCCCCCCOc1ccc(-c2cnc(-c3ccc(C[C@H](NC(=O)c4ccc(C(C)(C)C)s4)C(=O)NC[C@H]4C[C@H](N)C4)cc3)nc2)cc1. The zero-order valence-corrected chi connectivity index (χ0v) is 30.2. The molecule has 1 saturated carbocycles. The molecule has 4 N–H and O–H groups in total. The van der Waals surface area contributed by atoms with Crippen molar-refractivity contribution in [3.05, 3.63) is 88.4 Å². The van der Waals surface area contributed by atoms with Crippen LogP contribution in [0.25, 0.3) is 22.5 Å². The minimum atomic E-state index is -0.717. The van der Waals surface area contributed by atoms with E-state index in [1.807, 2.05) is 73.1 Å². The van der Waals surface area contributed by atoms with Gasteiger partial charge in [0, 0.05) is 47.4 Å². The van der Waals surface area contributed by atoms with E-state index < -0.39 is 6.04 Å². The van der Waals surface area contributed by atoms with E-state index in [4.69, 9.17) is 10.5 Å². The summed E-state index contributed by atoms with van der Waals surface area (Å²) in [6, 6.07) is 19.2. The third kappa shape index (κ3) is 10.5. The van der Waals surface area contributed by atoms with Crippen LogP contribution < -0.4 is 21.1 Å². The van der Waals surface area contributed by atoms with Crippen LogP contribution in [0.4, 0.5) is 0 Å². The van der Waals surface area contributed by atoms with Crippen molar-refractivity contribution in [2.24, 2.45) is 11.7 Å². The van der Waals surface area contributed by atoms with E-state index in [0.717, 1.165) is 58.7 Å². The van der Waals surface area contributed by atoms with Crippen LogP contribution >= 0.6 is 11.3 Å². The van der Waals surface area contributed by atoms with E-state index in [0.29, 0.717) is 29.6 Å². The molecule has 2 heterocycles. The second kappa shape index (κ2) is 17.0. The van der Waals surface area contributed by atoms with Crippen molar-refractivity contribution in [2.45, 2.75) is 96.6 Å². The third-order valence-corrected chi connectivity index (χ3v) is 10.5. The largest absolute Gasteiger partial charge is 0.494 e. The van der Waals surface area contributed by atoms with Crippen LogP contribution in [-0.2, 0) is 16.6 Å². The van der Waals surface area contributed by atoms with Gasteiger partial charge < -0.3 is 21.1 Å². The summed E-state index contributed by atoms with van der Waals surface area (Å²) >= 11 is 1.47. The van der Waals surface area contributed by atoms with Crippen LogP contribution in [0.2, 0.25) is 0 Å². The number of rotatable bonds is 16. The van der Waals surface area contributed by atoms with Gasteiger partial charge in [0.2, 0.25) is 5.91 Å². The van der Waals surface area contributed by atoms with Crippen molar-refractivity contribution in [3.63, 3.8) is 0 Å². The van der Waals surface area contributed by atoms with Gasteiger partial charge >= 0.3 is 0 Å². The predicted octanol–water partition coefficient (Wildman–Crippen LogP) is 7.71. The minimum absolute atomic E-state index is 0.0525. The molecule has 0 spiro atoms. The number of carbonyl (C=O) groups is 2. The molecule has 2 amide bonds.